The Balaban J connectivity index is 1.51. The predicted molar refractivity (Wildman–Crippen MR) is 92.7 cm³/mol. The second-order valence-corrected chi connectivity index (χ2v) is 6.31. The molecule has 1 amide bonds. The summed E-state index contributed by atoms with van der Waals surface area (Å²) in [5, 5.41) is 8.13. The van der Waals surface area contributed by atoms with E-state index in [-0.39, 0.29) is 5.91 Å². The molecule has 0 aliphatic carbocycles. The Morgan fingerprint density at radius 2 is 2.04 bits per heavy atom. The van der Waals surface area contributed by atoms with E-state index in [9.17, 15) is 4.79 Å². The fourth-order valence-corrected chi connectivity index (χ4v) is 3.55. The third kappa shape index (κ3) is 2.77. The summed E-state index contributed by atoms with van der Waals surface area (Å²) < 4.78 is 0. The van der Waals surface area contributed by atoms with Crippen molar-refractivity contribution in [3.8, 4) is 0 Å². The highest BCUT2D eigenvalue weighted by atomic mass is 16.2. The number of aryl methyl sites for hydroxylation is 1. The first kappa shape index (κ1) is 14.9. The van der Waals surface area contributed by atoms with E-state index in [1.165, 1.54) is 5.56 Å². The van der Waals surface area contributed by atoms with Crippen LogP contribution >= 0.6 is 0 Å². The molecule has 4 rings (SSSR count). The molecule has 0 radical (unpaired) electrons. The molecular weight excluding hydrogens is 300 g/mol. The van der Waals surface area contributed by atoms with Gasteiger partial charge >= 0.3 is 0 Å². The molecule has 0 unspecified atom stereocenters. The molecular formula is C19H20N4O. The third-order valence-electron chi connectivity index (χ3n) is 4.83. The minimum atomic E-state index is 0.0460. The van der Waals surface area contributed by atoms with Crippen molar-refractivity contribution in [1.82, 2.24) is 20.1 Å². The van der Waals surface area contributed by atoms with E-state index in [1.807, 2.05) is 53.7 Å². The van der Waals surface area contributed by atoms with E-state index in [2.05, 4.69) is 15.2 Å². The molecule has 0 bridgehead atoms. The van der Waals surface area contributed by atoms with Crippen molar-refractivity contribution in [3.05, 3.63) is 60.0 Å². The maximum Gasteiger partial charge on any atom is 0.275 e. The number of para-hydroxylation sites is 1. The van der Waals surface area contributed by atoms with Gasteiger partial charge in [-0.25, -0.2) is 0 Å². The van der Waals surface area contributed by atoms with Gasteiger partial charge in [0.2, 0.25) is 0 Å². The van der Waals surface area contributed by atoms with Gasteiger partial charge in [-0.2, -0.15) is 5.10 Å². The third-order valence-corrected chi connectivity index (χ3v) is 4.83. The van der Waals surface area contributed by atoms with Crippen molar-refractivity contribution >= 4 is 16.8 Å². The fourth-order valence-electron chi connectivity index (χ4n) is 3.55. The predicted octanol–water partition coefficient (Wildman–Crippen LogP) is 3.20. The van der Waals surface area contributed by atoms with E-state index in [0.29, 0.717) is 11.7 Å². The first-order valence-electron chi connectivity index (χ1n) is 8.46. The van der Waals surface area contributed by atoms with Gasteiger partial charge in [0.1, 0.15) is 0 Å². The van der Waals surface area contributed by atoms with E-state index in [0.717, 1.165) is 43.1 Å². The van der Waals surface area contributed by atoms with E-state index in [4.69, 9.17) is 0 Å². The lowest BCUT2D eigenvalue weighted by Crippen LogP contribution is -2.36. The largest absolute Gasteiger partial charge is 0.334 e. The average Bonchev–Trinajstić information content (AvgIpc) is 3.27. The van der Waals surface area contributed by atoms with E-state index < -0.39 is 0 Å². The van der Waals surface area contributed by atoms with Crippen LogP contribution in [0.25, 0.3) is 10.9 Å². The van der Waals surface area contributed by atoms with Crippen LogP contribution in [0.15, 0.2) is 48.8 Å². The standard InChI is InChI=1S/C19H20N4O/c24-19(18-16-5-1-2-6-17(16)21-22-18)23-13-3-4-15(23)8-7-14-9-11-20-12-10-14/h1-2,5-6,9-12,15H,3-4,7-8,13H2,(H,21,22)/t15-/m1/s1. The quantitative estimate of drug-likeness (QED) is 0.803. The summed E-state index contributed by atoms with van der Waals surface area (Å²) in [7, 11) is 0. The summed E-state index contributed by atoms with van der Waals surface area (Å²) in [4.78, 5) is 19.0. The van der Waals surface area contributed by atoms with Gasteiger partial charge in [0, 0.05) is 30.4 Å². The molecule has 5 heteroatoms. The van der Waals surface area contributed by atoms with Crippen LogP contribution < -0.4 is 0 Å². The molecule has 1 aliphatic rings. The van der Waals surface area contributed by atoms with Crippen LogP contribution in [0, 0.1) is 0 Å². The molecule has 5 nitrogen and oxygen atoms in total. The van der Waals surface area contributed by atoms with Gasteiger partial charge in [-0.05, 0) is 49.4 Å². The molecule has 1 fully saturated rings. The summed E-state index contributed by atoms with van der Waals surface area (Å²) in [6.07, 6.45) is 7.73. The van der Waals surface area contributed by atoms with Crippen LogP contribution in [0.1, 0.15) is 35.3 Å². The monoisotopic (exact) mass is 320 g/mol. The van der Waals surface area contributed by atoms with Crippen molar-refractivity contribution in [2.45, 2.75) is 31.7 Å². The maximum absolute atomic E-state index is 13.0. The molecule has 122 valence electrons. The van der Waals surface area contributed by atoms with Crippen molar-refractivity contribution in [3.63, 3.8) is 0 Å². The number of likely N-dealkylation sites (tertiary alicyclic amines) is 1. The Kier molecular flexibility index (Phi) is 3.99. The first-order chi connectivity index (χ1) is 11.8. The zero-order valence-electron chi connectivity index (χ0n) is 13.5. The number of carbonyl (C=O) groups is 1. The second kappa shape index (κ2) is 6.43. The molecule has 0 spiro atoms. The Morgan fingerprint density at radius 1 is 1.21 bits per heavy atom. The molecule has 0 saturated carbocycles. The number of carbonyl (C=O) groups excluding carboxylic acids is 1. The molecule has 3 aromatic rings. The number of benzene rings is 1. The van der Waals surface area contributed by atoms with Crippen molar-refractivity contribution in [2.75, 3.05) is 6.54 Å². The molecule has 3 heterocycles. The molecule has 1 saturated heterocycles. The zero-order valence-corrected chi connectivity index (χ0v) is 13.5. The van der Waals surface area contributed by atoms with Crippen LogP contribution in [0.2, 0.25) is 0 Å². The molecule has 1 aromatic carbocycles. The lowest BCUT2D eigenvalue weighted by Gasteiger charge is -2.24. The highest BCUT2D eigenvalue weighted by molar-refractivity contribution is 6.04. The smallest absolute Gasteiger partial charge is 0.275 e. The normalized spacial score (nSPS) is 17.5. The summed E-state index contributed by atoms with van der Waals surface area (Å²) >= 11 is 0. The van der Waals surface area contributed by atoms with E-state index in [1.54, 1.807) is 0 Å². The van der Waals surface area contributed by atoms with Crippen LogP contribution in [-0.2, 0) is 6.42 Å². The number of fused-ring (bicyclic) bond motifs is 1. The van der Waals surface area contributed by atoms with Gasteiger partial charge in [0.25, 0.3) is 5.91 Å². The number of amides is 1. The van der Waals surface area contributed by atoms with E-state index >= 15 is 0 Å². The SMILES string of the molecule is O=C(c1n[nH]c2ccccc12)N1CCC[C@@H]1CCc1ccncc1. The Bertz CT molecular complexity index is 843. The van der Waals surface area contributed by atoms with Crippen LogP contribution in [0.4, 0.5) is 0 Å². The summed E-state index contributed by atoms with van der Waals surface area (Å²) in [5.74, 6) is 0.0460. The maximum atomic E-state index is 13.0. The minimum Gasteiger partial charge on any atom is -0.334 e. The number of hydrogen-bond acceptors (Lipinski definition) is 3. The number of H-pyrrole nitrogens is 1. The minimum absolute atomic E-state index is 0.0460. The van der Waals surface area contributed by atoms with Crippen LogP contribution in [-0.4, -0.2) is 38.6 Å². The van der Waals surface area contributed by atoms with Gasteiger partial charge < -0.3 is 4.90 Å². The highest BCUT2D eigenvalue weighted by Gasteiger charge is 2.31. The van der Waals surface area contributed by atoms with Gasteiger partial charge in [-0.3, -0.25) is 14.9 Å². The number of nitrogens with zero attached hydrogens (tertiary/aromatic N) is 3. The first-order valence-corrected chi connectivity index (χ1v) is 8.46. The lowest BCUT2D eigenvalue weighted by atomic mass is 10.0. The summed E-state index contributed by atoms with van der Waals surface area (Å²) in [6, 6.07) is 12.2. The Morgan fingerprint density at radius 3 is 2.92 bits per heavy atom. The molecule has 1 atom stereocenters. The van der Waals surface area contributed by atoms with Gasteiger partial charge in [0.05, 0.1) is 5.52 Å². The molecule has 1 aliphatic heterocycles. The van der Waals surface area contributed by atoms with Crippen molar-refractivity contribution in [2.24, 2.45) is 0 Å². The molecule has 24 heavy (non-hydrogen) atoms. The number of hydrogen-bond donors (Lipinski definition) is 1. The fraction of sp³-hybridized carbons (Fsp3) is 0.316. The average molecular weight is 320 g/mol. The number of nitrogens with one attached hydrogen (secondary N) is 1. The van der Waals surface area contributed by atoms with Gasteiger partial charge in [-0.1, -0.05) is 18.2 Å². The molecule has 2 aromatic heterocycles. The number of rotatable bonds is 4. The van der Waals surface area contributed by atoms with Crippen LogP contribution in [0.3, 0.4) is 0 Å². The summed E-state index contributed by atoms with van der Waals surface area (Å²) in [5.41, 5.74) is 2.73. The number of aromatic nitrogens is 3. The summed E-state index contributed by atoms with van der Waals surface area (Å²) in [6.45, 7) is 0.820. The second-order valence-electron chi connectivity index (χ2n) is 6.31. The van der Waals surface area contributed by atoms with Crippen molar-refractivity contribution < 1.29 is 4.79 Å². The highest BCUT2D eigenvalue weighted by Crippen LogP contribution is 2.25. The van der Waals surface area contributed by atoms with Crippen molar-refractivity contribution in [1.29, 1.82) is 0 Å². The Labute approximate surface area is 140 Å². The molecule has 1 N–H and O–H groups in total. The zero-order chi connectivity index (χ0) is 16.4. The Hall–Kier alpha value is -2.69. The number of pyridine rings is 1. The topological polar surface area (TPSA) is 61.9 Å². The van der Waals surface area contributed by atoms with Gasteiger partial charge in [-0.15, -0.1) is 0 Å². The van der Waals surface area contributed by atoms with Gasteiger partial charge in [0.15, 0.2) is 5.69 Å². The lowest BCUT2D eigenvalue weighted by molar-refractivity contribution is 0.0726. The van der Waals surface area contributed by atoms with Crippen LogP contribution in [0.5, 0.6) is 0 Å². The number of aromatic amines is 1.